The molecule has 0 atom stereocenters. The van der Waals surface area contributed by atoms with E-state index in [-0.39, 0.29) is 17.3 Å². The second kappa shape index (κ2) is 5.23. The number of hydrogen-bond donors (Lipinski definition) is 1. The van der Waals surface area contributed by atoms with Gasteiger partial charge in [-0.15, -0.1) is 0 Å². The SMILES string of the molecule is COc1ccc(/C=C/C(=O)c2occc2O)cc1. The Morgan fingerprint density at radius 1 is 1.28 bits per heavy atom. The summed E-state index contributed by atoms with van der Waals surface area (Å²) in [5, 5.41) is 9.32. The third kappa shape index (κ3) is 2.60. The van der Waals surface area contributed by atoms with Gasteiger partial charge in [-0.3, -0.25) is 4.79 Å². The highest BCUT2D eigenvalue weighted by Gasteiger charge is 2.11. The summed E-state index contributed by atoms with van der Waals surface area (Å²) in [6, 6.07) is 8.58. The maximum absolute atomic E-state index is 11.7. The molecule has 2 rings (SSSR count). The number of hydrogen-bond acceptors (Lipinski definition) is 4. The fourth-order valence-electron chi connectivity index (χ4n) is 1.45. The predicted octanol–water partition coefficient (Wildman–Crippen LogP) is 2.89. The summed E-state index contributed by atoms with van der Waals surface area (Å²) in [5.74, 6) is 0.162. The molecule has 1 heterocycles. The number of carbonyl (C=O) groups excluding carboxylic acids is 1. The molecule has 0 aliphatic heterocycles. The van der Waals surface area contributed by atoms with E-state index < -0.39 is 0 Å². The molecule has 0 aliphatic carbocycles. The lowest BCUT2D eigenvalue weighted by molar-refractivity contribution is 0.101. The minimum absolute atomic E-state index is 0.0558. The molecule has 4 heteroatoms. The first-order chi connectivity index (χ1) is 8.70. The highest BCUT2D eigenvalue weighted by atomic mass is 16.5. The van der Waals surface area contributed by atoms with Crippen LogP contribution in [0.5, 0.6) is 11.5 Å². The Hall–Kier alpha value is -2.49. The van der Waals surface area contributed by atoms with Crippen LogP contribution in [-0.4, -0.2) is 18.0 Å². The molecule has 1 aromatic carbocycles. The first kappa shape index (κ1) is 12.0. The fourth-order valence-corrected chi connectivity index (χ4v) is 1.45. The summed E-state index contributed by atoms with van der Waals surface area (Å²) in [7, 11) is 1.59. The second-order valence-electron chi connectivity index (χ2n) is 3.61. The monoisotopic (exact) mass is 244 g/mol. The van der Waals surface area contributed by atoms with E-state index in [9.17, 15) is 9.90 Å². The summed E-state index contributed by atoms with van der Waals surface area (Å²) in [4.78, 5) is 11.7. The van der Waals surface area contributed by atoms with E-state index in [2.05, 4.69) is 0 Å². The first-order valence-corrected chi connectivity index (χ1v) is 5.33. The first-order valence-electron chi connectivity index (χ1n) is 5.33. The Balaban J connectivity index is 2.11. The summed E-state index contributed by atoms with van der Waals surface area (Å²) in [5.41, 5.74) is 0.857. The van der Waals surface area contributed by atoms with Crippen molar-refractivity contribution < 1.29 is 19.1 Å². The third-order valence-corrected chi connectivity index (χ3v) is 2.41. The molecule has 18 heavy (non-hydrogen) atoms. The molecule has 2 aromatic rings. The highest BCUT2D eigenvalue weighted by molar-refractivity contribution is 6.06. The van der Waals surface area contributed by atoms with E-state index >= 15 is 0 Å². The molecule has 0 fully saturated rings. The molecule has 4 nitrogen and oxygen atoms in total. The molecule has 0 amide bonds. The Morgan fingerprint density at radius 3 is 2.56 bits per heavy atom. The smallest absolute Gasteiger partial charge is 0.224 e. The molecular weight excluding hydrogens is 232 g/mol. The van der Waals surface area contributed by atoms with Gasteiger partial charge in [-0.1, -0.05) is 18.2 Å². The van der Waals surface area contributed by atoms with Gasteiger partial charge in [0.15, 0.2) is 5.75 Å². The van der Waals surface area contributed by atoms with Crippen LogP contribution in [0.4, 0.5) is 0 Å². The average molecular weight is 244 g/mol. The maximum Gasteiger partial charge on any atom is 0.224 e. The number of ketones is 1. The summed E-state index contributed by atoms with van der Waals surface area (Å²) >= 11 is 0. The molecular formula is C14H12O4. The minimum Gasteiger partial charge on any atom is -0.504 e. The average Bonchev–Trinajstić information content (AvgIpc) is 2.83. The topological polar surface area (TPSA) is 59.7 Å². The zero-order valence-electron chi connectivity index (χ0n) is 9.79. The molecule has 0 saturated heterocycles. The fraction of sp³-hybridized carbons (Fsp3) is 0.0714. The van der Waals surface area contributed by atoms with Crippen molar-refractivity contribution in [3.05, 3.63) is 54.0 Å². The van der Waals surface area contributed by atoms with Gasteiger partial charge in [0.1, 0.15) is 5.75 Å². The van der Waals surface area contributed by atoms with E-state index in [0.717, 1.165) is 11.3 Å². The number of methoxy groups -OCH3 is 1. The molecule has 0 bridgehead atoms. The normalized spacial score (nSPS) is 10.7. The van der Waals surface area contributed by atoms with E-state index in [1.165, 1.54) is 18.4 Å². The van der Waals surface area contributed by atoms with Gasteiger partial charge < -0.3 is 14.3 Å². The lowest BCUT2D eigenvalue weighted by Crippen LogP contribution is -1.91. The van der Waals surface area contributed by atoms with E-state index in [1.807, 2.05) is 12.1 Å². The Kier molecular flexibility index (Phi) is 3.48. The molecule has 0 spiro atoms. The van der Waals surface area contributed by atoms with Crippen LogP contribution in [0.15, 0.2) is 47.1 Å². The van der Waals surface area contributed by atoms with E-state index in [4.69, 9.17) is 9.15 Å². The van der Waals surface area contributed by atoms with Gasteiger partial charge >= 0.3 is 0 Å². The molecule has 0 radical (unpaired) electrons. The second-order valence-corrected chi connectivity index (χ2v) is 3.61. The van der Waals surface area contributed by atoms with Crippen LogP contribution in [0, 0.1) is 0 Å². The van der Waals surface area contributed by atoms with Crippen LogP contribution in [0.1, 0.15) is 16.1 Å². The van der Waals surface area contributed by atoms with Crippen LogP contribution in [0.3, 0.4) is 0 Å². The van der Waals surface area contributed by atoms with Crippen molar-refractivity contribution in [2.75, 3.05) is 7.11 Å². The minimum atomic E-state index is -0.381. The largest absolute Gasteiger partial charge is 0.504 e. The lowest BCUT2D eigenvalue weighted by Gasteiger charge is -1.98. The summed E-state index contributed by atoms with van der Waals surface area (Å²) < 4.78 is 9.91. The van der Waals surface area contributed by atoms with Crippen LogP contribution < -0.4 is 4.74 Å². The van der Waals surface area contributed by atoms with Crippen molar-refractivity contribution in [3.63, 3.8) is 0 Å². The standard InChI is InChI=1S/C14H12O4/c1-17-11-5-2-10(3-6-11)4-7-12(15)14-13(16)8-9-18-14/h2-9,16H,1H3/b7-4+. The van der Waals surface area contributed by atoms with Gasteiger partial charge in [0.2, 0.25) is 11.5 Å². The van der Waals surface area contributed by atoms with Crippen molar-refractivity contribution >= 4 is 11.9 Å². The van der Waals surface area contributed by atoms with Crippen LogP contribution >= 0.6 is 0 Å². The number of ether oxygens (including phenoxy) is 1. The number of carbonyl (C=O) groups is 1. The van der Waals surface area contributed by atoms with E-state index in [0.29, 0.717) is 0 Å². The van der Waals surface area contributed by atoms with Gasteiger partial charge in [0.25, 0.3) is 0 Å². The van der Waals surface area contributed by atoms with Crippen molar-refractivity contribution in [1.82, 2.24) is 0 Å². The van der Waals surface area contributed by atoms with Gasteiger partial charge in [0, 0.05) is 6.07 Å². The van der Waals surface area contributed by atoms with Gasteiger partial charge in [-0.25, -0.2) is 0 Å². The molecule has 92 valence electrons. The van der Waals surface area contributed by atoms with Gasteiger partial charge in [-0.2, -0.15) is 0 Å². The number of rotatable bonds is 4. The number of furan rings is 1. The number of aromatic hydroxyl groups is 1. The van der Waals surface area contributed by atoms with Crippen molar-refractivity contribution in [3.8, 4) is 11.5 Å². The van der Waals surface area contributed by atoms with Crippen LogP contribution in [0.25, 0.3) is 6.08 Å². The van der Waals surface area contributed by atoms with E-state index in [1.54, 1.807) is 25.3 Å². The molecule has 1 aromatic heterocycles. The predicted molar refractivity (Wildman–Crippen MR) is 66.7 cm³/mol. The third-order valence-electron chi connectivity index (χ3n) is 2.41. The lowest BCUT2D eigenvalue weighted by atomic mass is 10.1. The maximum atomic E-state index is 11.7. The van der Waals surface area contributed by atoms with Crippen molar-refractivity contribution in [1.29, 1.82) is 0 Å². The van der Waals surface area contributed by atoms with Gasteiger partial charge in [0.05, 0.1) is 13.4 Å². The van der Waals surface area contributed by atoms with Crippen LogP contribution in [0.2, 0.25) is 0 Å². The summed E-state index contributed by atoms with van der Waals surface area (Å²) in [6.45, 7) is 0. The van der Waals surface area contributed by atoms with Gasteiger partial charge in [-0.05, 0) is 23.8 Å². The quantitative estimate of drug-likeness (QED) is 0.663. The molecule has 1 N–H and O–H groups in total. The molecule has 0 unspecified atom stereocenters. The zero-order chi connectivity index (χ0) is 13.0. The van der Waals surface area contributed by atoms with Crippen molar-refractivity contribution in [2.24, 2.45) is 0 Å². The molecule has 0 aliphatic rings. The number of benzene rings is 1. The number of allylic oxidation sites excluding steroid dienone is 1. The molecule has 0 saturated carbocycles. The van der Waals surface area contributed by atoms with Crippen molar-refractivity contribution in [2.45, 2.75) is 0 Å². The Morgan fingerprint density at radius 2 is 2.00 bits per heavy atom. The van der Waals surface area contributed by atoms with Crippen LogP contribution in [-0.2, 0) is 0 Å². The highest BCUT2D eigenvalue weighted by Crippen LogP contribution is 2.19. The Labute approximate surface area is 104 Å². The summed E-state index contributed by atoms with van der Waals surface area (Å²) in [6.07, 6.45) is 4.26. The zero-order valence-corrected chi connectivity index (χ0v) is 9.79. The Bertz CT molecular complexity index is 564.